The van der Waals surface area contributed by atoms with E-state index in [1.807, 2.05) is 23.1 Å². The van der Waals surface area contributed by atoms with E-state index in [0.717, 1.165) is 15.8 Å². The van der Waals surface area contributed by atoms with Crippen LogP contribution in [0.1, 0.15) is 22.0 Å². The third-order valence-electron chi connectivity index (χ3n) is 5.05. The van der Waals surface area contributed by atoms with E-state index in [2.05, 4.69) is 21.0 Å². The number of aryl methyl sites for hydroxylation is 1. The summed E-state index contributed by atoms with van der Waals surface area (Å²) in [4.78, 5) is 14.7. The zero-order valence-corrected chi connectivity index (χ0v) is 17.1. The van der Waals surface area contributed by atoms with Gasteiger partial charge in [-0.1, -0.05) is 6.07 Å². The van der Waals surface area contributed by atoms with Gasteiger partial charge in [-0.2, -0.15) is 5.10 Å². The first-order valence-electron chi connectivity index (χ1n) is 8.89. The Kier molecular flexibility index (Phi) is 4.93. The highest BCUT2D eigenvalue weighted by Crippen LogP contribution is 2.33. The quantitative estimate of drug-likeness (QED) is 0.605. The maximum atomic E-state index is 13.1. The fourth-order valence-electron chi connectivity index (χ4n) is 3.38. The molecule has 1 aromatic heterocycles. The molecular weight excluding hydrogens is 425 g/mol. The Labute approximate surface area is 170 Å². The molecule has 2 heterocycles. The monoisotopic (exact) mass is 443 g/mol. The highest BCUT2D eigenvalue weighted by Gasteiger charge is 2.34. The number of amides is 1. The normalized spacial score (nSPS) is 14.1. The van der Waals surface area contributed by atoms with E-state index in [0.29, 0.717) is 30.4 Å². The molecule has 1 saturated heterocycles. The van der Waals surface area contributed by atoms with Gasteiger partial charge in [-0.25, -0.2) is 4.39 Å². The molecule has 0 atom stereocenters. The molecule has 3 aromatic rings. The summed E-state index contributed by atoms with van der Waals surface area (Å²) in [5, 5.41) is 4.41. The van der Waals surface area contributed by atoms with E-state index in [-0.39, 0.29) is 11.7 Å². The minimum atomic E-state index is -0.298. The number of halogens is 2. The number of rotatable bonds is 4. The molecule has 7 heteroatoms. The van der Waals surface area contributed by atoms with E-state index in [1.165, 1.54) is 17.7 Å². The van der Waals surface area contributed by atoms with Gasteiger partial charge in [0.25, 0.3) is 5.91 Å². The van der Waals surface area contributed by atoms with Crippen LogP contribution in [0.4, 0.5) is 4.39 Å². The molecule has 0 aliphatic carbocycles. The molecule has 0 N–H and O–H groups in total. The highest BCUT2D eigenvalue weighted by molar-refractivity contribution is 9.10. The molecule has 0 unspecified atom stereocenters. The molecule has 5 nitrogen and oxygen atoms in total. The number of hydrogen-bond acceptors (Lipinski definition) is 3. The van der Waals surface area contributed by atoms with Gasteiger partial charge in [0.15, 0.2) is 0 Å². The van der Waals surface area contributed by atoms with Crippen LogP contribution < -0.4 is 4.74 Å². The van der Waals surface area contributed by atoms with Gasteiger partial charge < -0.3 is 9.64 Å². The topological polar surface area (TPSA) is 47.4 Å². The molecule has 1 aliphatic heterocycles. The van der Waals surface area contributed by atoms with Gasteiger partial charge in [-0.05, 0) is 64.0 Å². The number of methoxy groups -OCH3 is 1. The molecule has 1 amide bonds. The van der Waals surface area contributed by atoms with E-state index < -0.39 is 0 Å². The van der Waals surface area contributed by atoms with Crippen LogP contribution in [0.3, 0.4) is 0 Å². The van der Waals surface area contributed by atoms with Gasteiger partial charge in [0.1, 0.15) is 17.3 Å². The van der Waals surface area contributed by atoms with Crippen molar-refractivity contribution in [3.8, 4) is 17.0 Å². The number of likely N-dealkylation sites (tertiary alicyclic amines) is 1. The number of aromatic nitrogens is 2. The standard InChI is InChI=1S/C21H19BrFN3O2/c1-25-19(10-18(24-25)13-3-6-16(23)7-4-13)21(27)26-11-15(12-26)14-5-8-20(28-2)17(22)9-14/h3-10,15H,11-12H2,1-2H3. The van der Waals surface area contributed by atoms with Gasteiger partial charge >= 0.3 is 0 Å². The van der Waals surface area contributed by atoms with Gasteiger partial charge in [-0.3, -0.25) is 9.48 Å². The zero-order valence-electron chi connectivity index (χ0n) is 15.5. The predicted octanol–water partition coefficient (Wildman–Crippen LogP) is 4.24. The number of nitrogens with zero attached hydrogens (tertiary/aromatic N) is 3. The van der Waals surface area contributed by atoms with Crippen molar-refractivity contribution in [2.45, 2.75) is 5.92 Å². The molecule has 0 radical (unpaired) electrons. The summed E-state index contributed by atoms with van der Waals surface area (Å²) in [6.45, 7) is 1.32. The molecule has 1 aliphatic rings. The van der Waals surface area contributed by atoms with E-state index >= 15 is 0 Å². The first-order valence-corrected chi connectivity index (χ1v) is 9.68. The molecule has 2 aromatic carbocycles. The second kappa shape index (κ2) is 7.39. The summed E-state index contributed by atoms with van der Waals surface area (Å²) in [5.41, 5.74) is 3.13. The molecule has 4 rings (SSSR count). The number of ether oxygens (including phenoxy) is 1. The van der Waals surface area contributed by atoms with Crippen LogP contribution in [-0.2, 0) is 7.05 Å². The van der Waals surface area contributed by atoms with E-state index in [1.54, 1.807) is 37.0 Å². The largest absolute Gasteiger partial charge is 0.496 e. The fraction of sp³-hybridized carbons (Fsp3) is 0.238. The third-order valence-corrected chi connectivity index (χ3v) is 5.67. The lowest BCUT2D eigenvalue weighted by Gasteiger charge is -2.39. The maximum Gasteiger partial charge on any atom is 0.272 e. The molecule has 144 valence electrons. The Morgan fingerprint density at radius 2 is 1.89 bits per heavy atom. The van der Waals surface area contributed by atoms with Crippen LogP contribution in [0.2, 0.25) is 0 Å². The van der Waals surface area contributed by atoms with E-state index in [4.69, 9.17) is 4.74 Å². The second-order valence-corrected chi connectivity index (χ2v) is 7.70. The SMILES string of the molecule is COc1ccc(C2CN(C(=O)c3cc(-c4ccc(F)cc4)nn3C)C2)cc1Br. The van der Waals surface area contributed by atoms with Crippen molar-refractivity contribution < 1.29 is 13.9 Å². The highest BCUT2D eigenvalue weighted by atomic mass is 79.9. The molecule has 28 heavy (non-hydrogen) atoms. The summed E-state index contributed by atoms with van der Waals surface area (Å²) in [6.07, 6.45) is 0. The van der Waals surface area contributed by atoms with Crippen molar-refractivity contribution in [2.24, 2.45) is 7.05 Å². The maximum absolute atomic E-state index is 13.1. The van der Waals surface area contributed by atoms with Gasteiger partial charge in [0.05, 0.1) is 17.3 Å². The van der Waals surface area contributed by atoms with Crippen molar-refractivity contribution in [1.29, 1.82) is 0 Å². The Balaban J connectivity index is 1.46. The number of carbonyl (C=O) groups excluding carboxylic acids is 1. The van der Waals surface area contributed by atoms with Crippen LogP contribution in [0, 0.1) is 5.82 Å². The lowest BCUT2D eigenvalue weighted by molar-refractivity contribution is 0.0590. The Bertz CT molecular complexity index is 1030. The summed E-state index contributed by atoms with van der Waals surface area (Å²) in [6, 6.07) is 13.9. The van der Waals surface area contributed by atoms with Crippen molar-refractivity contribution in [2.75, 3.05) is 20.2 Å². The number of hydrogen-bond donors (Lipinski definition) is 0. The Hall–Kier alpha value is -2.67. The fourth-order valence-corrected chi connectivity index (χ4v) is 3.94. The molecule has 0 spiro atoms. The van der Waals surface area contributed by atoms with Gasteiger partial charge in [0, 0.05) is 31.6 Å². The van der Waals surface area contributed by atoms with Crippen molar-refractivity contribution >= 4 is 21.8 Å². The average molecular weight is 444 g/mol. The van der Waals surface area contributed by atoms with Crippen LogP contribution in [0.5, 0.6) is 5.75 Å². The van der Waals surface area contributed by atoms with Crippen LogP contribution in [0.15, 0.2) is 53.0 Å². The minimum Gasteiger partial charge on any atom is -0.496 e. The minimum absolute atomic E-state index is 0.0489. The first kappa shape index (κ1) is 18.7. The third kappa shape index (κ3) is 3.42. The van der Waals surface area contributed by atoms with Gasteiger partial charge in [-0.15, -0.1) is 0 Å². The van der Waals surface area contributed by atoms with Gasteiger partial charge in [0.2, 0.25) is 0 Å². The molecular formula is C21H19BrFN3O2. The van der Waals surface area contributed by atoms with Crippen molar-refractivity contribution in [3.63, 3.8) is 0 Å². The zero-order chi connectivity index (χ0) is 19.8. The first-order chi connectivity index (χ1) is 13.5. The van der Waals surface area contributed by atoms with Crippen LogP contribution in [0.25, 0.3) is 11.3 Å². The predicted molar refractivity (Wildman–Crippen MR) is 108 cm³/mol. The lowest BCUT2D eigenvalue weighted by Crippen LogP contribution is -2.48. The van der Waals surface area contributed by atoms with Crippen LogP contribution >= 0.6 is 15.9 Å². The summed E-state index contributed by atoms with van der Waals surface area (Å²) < 4.78 is 20.9. The lowest BCUT2D eigenvalue weighted by atomic mass is 9.91. The Morgan fingerprint density at radius 3 is 2.54 bits per heavy atom. The molecule has 1 fully saturated rings. The summed E-state index contributed by atoms with van der Waals surface area (Å²) >= 11 is 3.51. The molecule has 0 bridgehead atoms. The smallest absolute Gasteiger partial charge is 0.272 e. The van der Waals surface area contributed by atoms with Crippen LogP contribution in [-0.4, -0.2) is 40.8 Å². The number of benzene rings is 2. The van der Waals surface area contributed by atoms with E-state index in [9.17, 15) is 9.18 Å². The number of carbonyl (C=O) groups is 1. The second-order valence-electron chi connectivity index (χ2n) is 6.85. The summed E-state index contributed by atoms with van der Waals surface area (Å²) in [7, 11) is 3.38. The molecule has 0 saturated carbocycles. The summed E-state index contributed by atoms with van der Waals surface area (Å²) in [5.74, 6) is 0.745. The van der Waals surface area contributed by atoms with Crippen molar-refractivity contribution in [3.05, 3.63) is 70.1 Å². The Morgan fingerprint density at radius 1 is 1.18 bits per heavy atom. The van der Waals surface area contributed by atoms with Crippen molar-refractivity contribution in [1.82, 2.24) is 14.7 Å². The average Bonchev–Trinajstić information content (AvgIpc) is 3.03.